The van der Waals surface area contributed by atoms with Crippen molar-refractivity contribution in [1.82, 2.24) is 4.90 Å². The van der Waals surface area contributed by atoms with E-state index in [0.29, 0.717) is 6.04 Å². The lowest BCUT2D eigenvalue weighted by molar-refractivity contribution is 0.0424. The summed E-state index contributed by atoms with van der Waals surface area (Å²) in [5, 5.41) is 10.6. The molecule has 0 saturated carbocycles. The monoisotopic (exact) mass is 219 g/mol. The molecule has 2 rings (SSSR count). The summed E-state index contributed by atoms with van der Waals surface area (Å²) in [6, 6.07) is 8.77. The van der Waals surface area contributed by atoms with Gasteiger partial charge in [0, 0.05) is 19.1 Å². The third-order valence-electron chi connectivity index (χ3n) is 3.60. The molecule has 1 fully saturated rings. The first-order valence-corrected chi connectivity index (χ1v) is 6.05. The van der Waals surface area contributed by atoms with Crippen LogP contribution in [0.25, 0.3) is 0 Å². The van der Waals surface area contributed by atoms with Gasteiger partial charge in [-0.05, 0) is 32.8 Å². The zero-order valence-electron chi connectivity index (χ0n) is 10.4. The molecular formula is C14H21NO. The van der Waals surface area contributed by atoms with Gasteiger partial charge in [0.1, 0.15) is 5.60 Å². The van der Waals surface area contributed by atoms with Crippen molar-refractivity contribution >= 4 is 0 Å². The van der Waals surface area contributed by atoms with Crippen molar-refractivity contribution in [1.29, 1.82) is 0 Å². The van der Waals surface area contributed by atoms with Crippen LogP contribution in [0.1, 0.15) is 31.4 Å². The molecule has 1 aromatic rings. The molecule has 2 nitrogen and oxygen atoms in total. The van der Waals surface area contributed by atoms with E-state index in [1.807, 2.05) is 0 Å². The second-order valence-corrected chi connectivity index (χ2v) is 5.21. The summed E-state index contributed by atoms with van der Waals surface area (Å²) in [5.74, 6) is 0. The number of aryl methyl sites for hydroxylation is 1. The van der Waals surface area contributed by atoms with Gasteiger partial charge in [-0.1, -0.05) is 29.8 Å². The summed E-state index contributed by atoms with van der Waals surface area (Å²) in [6.45, 7) is 8.18. The molecule has 16 heavy (non-hydrogen) atoms. The fourth-order valence-electron chi connectivity index (χ4n) is 2.36. The van der Waals surface area contributed by atoms with Crippen molar-refractivity contribution in [2.45, 2.75) is 38.8 Å². The average molecular weight is 219 g/mol. The number of benzene rings is 1. The Bertz CT molecular complexity index is 358. The summed E-state index contributed by atoms with van der Waals surface area (Å²) >= 11 is 0. The normalized spacial score (nSPS) is 26.6. The van der Waals surface area contributed by atoms with Crippen LogP contribution >= 0.6 is 0 Å². The second-order valence-electron chi connectivity index (χ2n) is 5.21. The van der Waals surface area contributed by atoms with Crippen molar-refractivity contribution < 1.29 is 5.11 Å². The van der Waals surface area contributed by atoms with E-state index in [4.69, 9.17) is 0 Å². The summed E-state index contributed by atoms with van der Waals surface area (Å²) in [6.07, 6.45) is 0.842. The number of rotatable bonds is 2. The Morgan fingerprint density at radius 2 is 1.88 bits per heavy atom. The Hall–Kier alpha value is -0.860. The van der Waals surface area contributed by atoms with E-state index in [2.05, 4.69) is 49.9 Å². The predicted octanol–water partition coefficient (Wildman–Crippen LogP) is 2.30. The minimum Gasteiger partial charge on any atom is -0.384 e. The molecule has 0 unspecified atom stereocenters. The second kappa shape index (κ2) is 4.19. The molecular weight excluding hydrogens is 198 g/mol. The van der Waals surface area contributed by atoms with Crippen molar-refractivity contribution in [2.75, 3.05) is 13.1 Å². The molecule has 0 amide bonds. The number of β-amino-alcohol motifs (C(OH)–C–C–N with tert-alkyl or cyclic N) is 1. The maximum Gasteiger partial charge on any atom is 0.103 e. The zero-order valence-corrected chi connectivity index (χ0v) is 10.4. The molecule has 1 saturated heterocycles. The van der Waals surface area contributed by atoms with Crippen LogP contribution in [-0.4, -0.2) is 29.1 Å². The molecule has 0 aliphatic carbocycles. The molecule has 0 bridgehead atoms. The number of hydrogen-bond acceptors (Lipinski definition) is 2. The van der Waals surface area contributed by atoms with Crippen LogP contribution in [0, 0.1) is 6.92 Å². The lowest BCUT2D eigenvalue weighted by Crippen LogP contribution is -2.34. The minimum atomic E-state index is -0.641. The SMILES string of the molecule is Cc1ccc([C@]2(O)CCN(C(C)C)C2)cc1. The van der Waals surface area contributed by atoms with Gasteiger partial charge in [0.05, 0.1) is 0 Å². The third kappa shape index (κ3) is 2.13. The molecule has 88 valence electrons. The number of hydrogen-bond donors (Lipinski definition) is 1. The van der Waals surface area contributed by atoms with Crippen LogP contribution in [0.2, 0.25) is 0 Å². The third-order valence-corrected chi connectivity index (χ3v) is 3.60. The molecule has 1 atom stereocenters. The highest BCUT2D eigenvalue weighted by Gasteiger charge is 2.38. The van der Waals surface area contributed by atoms with Gasteiger partial charge in [-0.15, -0.1) is 0 Å². The van der Waals surface area contributed by atoms with E-state index in [0.717, 1.165) is 25.1 Å². The lowest BCUT2D eigenvalue weighted by Gasteiger charge is -2.26. The quantitative estimate of drug-likeness (QED) is 0.825. The van der Waals surface area contributed by atoms with Gasteiger partial charge in [-0.3, -0.25) is 4.90 Å². The summed E-state index contributed by atoms with van der Waals surface area (Å²) in [7, 11) is 0. The first kappa shape index (κ1) is 11.6. The standard InChI is InChI=1S/C14H21NO/c1-11(2)15-9-8-14(16,10-15)13-6-4-12(3)5-7-13/h4-7,11,16H,8-10H2,1-3H3/t14-/m0/s1. The molecule has 2 heteroatoms. The van der Waals surface area contributed by atoms with E-state index >= 15 is 0 Å². The Kier molecular flexibility index (Phi) is 3.04. The van der Waals surface area contributed by atoms with E-state index in [1.54, 1.807) is 0 Å². The van der Waals surface area contributed by atoms with Crippen LogP contribution in [0.3, 0.4) is 0 Å². The molecule has 0 radical (unpaired) electrons. The van der Waals surface area contributed by atoms with Crippen LogP contribution in [-0.2, 0) is 5.60 Å². The molecule has 1 aliphatic heterocycles. The fourth-order valence-corrected chi connectivity index (χ4v) is 2.36. The largest absolute Gasteiger partial charge is 0.384 e. The van der Waals surface area contributed by atoms with E-state index < -0.39 is 5.60 Å². The van der Waals surface area contributed by atoms with Gasteiger partial charge >= 0.3 is 0 Å². The highest BCUT2D eigenvalue weighted by atomic mass is 16.3. The predicted molar refractivity (Wildman–Crippen MR) is 66.4 cm³/mol. The topological polar surface area (TPSA) is 23.5 Å². The Labute approximate surface area is 97.9 Å². The van der Waals surface area contributed by atoms with Gasteiger partial charge in [0.25, 0.3) is 0 Å². The average Bonchev–Trinajstić information content (AvgIpc) is 2.63. The molecule has 1 aromatic carbocycles. The van der Waals surface area contributed by atoms with Crippen LogP contribution in [0.5, 0.6) is 0 Å². The van der Waals surface area contributed by atoms with Gasteiger partial charge in [0.2, 0.25) is 0 Å². The van der Waals surface area contributed by atoms with E-state index in [9.17, 15) is 5.11 Å². The highest BCUT2D eigenvalue weighted by Crippen LogP contribution is 2.32. The van der Waals surface area contributed by atoms with Gasteiger partial charge < -0.3 is 5.11 Å². The minimum absolute atomic E-state index is 0.513. The van der Waals surface area contributed by atoms with E-state index in [1.165, 1.54) is 5.56 Å². The maximum atomic E-state index is 10.6. The van der Waals surface area contributed by atoms with Crippen molar-refractivity contribution in [2.24, 2.45) is 0 Å². The Morgan fingerprint density at radius 3 is 2.38 bits per heavy atom. The smallest absolute Gasteiger partial charge is 0.103 e. The molecule has 1 aliphatic rings. The highest BCUT2D eigenvalue weighted by molar-refractivity contribution is 5.28. The van der Waals surface area contributed by atoms with Gasteiger partial charge in [-0.2, -0.15) is 0 Å². The van der Waals surface area contributed by atoms with Crippen LogP contribution < -0.4 is 0 Å². The fraction of sp³-hybridized carbons (Fsp3) is 0.571. The molecule has 0 aromatic heterocycles. The van der Waals surface area contributed by atoms with Crippen molar-refractivity contribution in [3.8, 4) is 0 Å². The number of aliphatic hydroxyl groups is 1. The number of nitrogens with zero attached hydrogens (tertiary/aromatic N) is 1. The van der Waals surface area contributed by atoms with Crippen molar-refractivity contribution in [3.63, 3.8) is 0 Å². The summed E-state index contributed by atoms with van der Waals surface area (Å²) in [5.41, 5.74) is 1.66. The lowest BCUT2D eigenvalue weighted by atomic mass is 9.92. The number of likely N-dealkylation sites (tertiary alicyclic amines) is 1. The first-order valence-electron chi connectivity index (χ1n) is 6.05. The molecule has 1 heterocycles. The van der Waals surface area contributed by atoms with E-state index in [-0.39, 0.29) is 0 Å². The summed E-state index contributed by atoms with van der Waals surface area (Å²) in [4.78, 5) is 2.33. The van der Waals surface area contributed by atoms with Crippen LogP contribution in [0.4, 0.5) is 0 Å². The maximum absolute atomic E-state index is 10.6. The Morgan fingerprint density at radius 1 is 1.25 bits per heavy atom. The molecule has 0 spiro atoms. The first-order chi connectivity index (χ1) is 7.51. The Balaban J connectivity index is 2.18. The van der Waals surface area contributed by atoms with Gasteiger partial charge in [-0.25, -0.2) is 0 Å². The van der Waals surface area contributed by atoms with Gasteiger partial charge in [0.15, 0.2) is 0 Å². The van der Waals surface area contributed by atoms with Crippen LogP contribution in [0.15, 0.2) is 24.3 Å². The zero-order chi connectivity index (χ0) is 11.8. The molecule has 1 N–H and O–H groups in total. The summed E-state index contributed by atoms with van der Waals surface area (Å²) < 4.78 is 0. The van der Waals surface area contributed by atoms with Crippen molar-refractivity contribution in [3.05, 3.63) is 35.4 Å².